The van der Waals surface area contributed by atoms with E-state index >= 15 is 0 Å². The zero-order valence-electron chi connectivity index (χ0n) is 15.3. The Hall–Kier alpha value is -2.04. The van der Waals surface area contributed by atoms with Crippen LogP contribution in [-0.2, 0) is 6.42 Å². The molecule has 1 saturated heterocycles. The van der Waals surface area contributed by atoms with Gasteiger partial charge in [-0.1, -0.05) is 18.6 Å². The predicted molar refractivity (Wildman–Crippen MR) is 98.6 cm³/mol. The van der Waals surface area contributed by atoms with Gasteiger partial charge in [0, 0.05) is 38.8 Å². The molecule has 5 heteroatoms. The van der Waals surface area contributed by atoms with Gasteiger partial charge in [-0.2, -0.15) is 0 Å². The fourth-order valence-electron chi connectivity index (χ4n) is 3.89. The van der Waals surface area contributed by atoms with E-state index in [0.717, 1.165) is 37.3 Å². The number of hydrogen-bond donors (Lipinski definition) is 1. The highest BCUT2D eigenvalue weighted by Gasteiger charge is 2.37. The van der Waals surface area contributed by atoms with E-state index in [-0.39, 0.29) is 11.9 Å². The van der Waals surface area contributed by atoms with Crippen molar-refractivity contribution in [2.75, 3.05) is 27.2 Å². The maximum atomic E-state index is 12.5. The first-order valence-electron chi connectivity index (χ1n) is 9.41. The number of urea groups is 1. The highest BCUT2D eigenvalue weighted by molar-refractivity contribution is 5.94. The Morgan fingerprint density at radius 1 is 1.20 bits per heavy atom. The van der Waals surface area contributed by atoms with Crippen molar-refractivity contribution in [3.05, 3.63) is 35.4 Å². The van der Waals surface area contributed by atoms with Gasteiger partial charge < -0.3 is 15.1 Å². The normalized spacial score (nSPS) is 20.2. The van der Waals surface area contributed by atoms with Crippen LogP contribution in [0.4, 0.5) is 4.79 Å². The molecule has 1 saturated carbocycles. The lowest BCUT2D eigenvalue weighted by Crippen LogP contribution is -2.47. The van der Waals surface area contributed by atoms with Crippen LogP contribution in [0.5, 0.6) is 0 Å². The molecule has 2 aliphatic rings. The lowest BCUT2D eigenvalue weighted by atomic mass is 9.79. The summed E-state index contributed by atoms with van der Waals surface area (Å²) in [5.41, 5.74) is 1.77. The summed E-state index contributed by atoms with van der Waals surface area (Å²) in [6, 6.07) is 8.19. The fraction of sp³-hybridized carbons (Fsp3) is 0.600. The van der Waals surface area contributed by atoms with Crippen molar-refractivity contribution in [3.63, 3.8) is 0 Å². The maximum absolute atomic E-state index is 12.5. The van der Waals surface area contributed by atoms with Crippen molar-refractivity contribution in [1.29, 1.82) is 0 Å². The Labute approximate surface area is 150 Å². The smallest absolute Gasteiger partial charge is 0.317 e. The van der Waals surface area contributed by atoms with Gasteiger partial charge in [-0.3, -0.25) is 4.79 Å². The number of benzene rings is 1. The van der Waals surface area contributed by atoms with Crippen LogP contribution in [-0.4, -0.2) is 55.0 Å². The minimum Gasteiger partial charge on any atom is -0.345 e. The summed E-state index contributed by atoms with van der Waals surface area (Å²) in [6.07, 6.45) is 6.90. The molecule has 5 nitrogen and oxygen atoms in total. The molecule has 3 amide bonds. The molecular weight excluding hydrogens is 314 g/mol. The Morgan fingerprint density at radius 3 is 2.68 bits per heavy atom. The maximum Gasteiger partial charge on any atom is 0.317 e. The number of hydrogen-bond acceptors (Lipinski definition) is 2. The third-order valence-corrected chi connectivity index (χ3v) is 5.52. The van der Waals surface area contributed by atoms with Gasteiger partial charge in [0.25, 0.3) is 5.91 Å². The van der Waals surface area contributed by atoms with Crippen molar-refractivity contribution in [1.82, 2.24) is 15.1 Å². The fourth-order valence-corrected chi connectivity index (χ4v) is 3.89. The number of likely N-dealkylation sites (tertiary alicyclic amines) is 1. The molecular formula is C20H29N3O2. The molecule has 0 aromatic heterocycles. The second-order valence-electron chi connectivity index (χ2n) is 7.48. The molecule has 1 aromatic rings. The largest absolute Gasteiger partial charge is 0.345 e. The van der Waals surface area contributed by atoms with Crippen LogP contribution in [0.25, 0.3) is 0 Å². The van der Waals surface area contributed by atoms with Gasteiger partial charge in [-0.15, -0.1) is 0 Å². The molecule has 1 heterocycles. The third kappa shape index (κ3) is 4.14. The molecule has 1 aliphatic heterocycles. The van der Waals surface area contributed by atoms with Crippen molar-refractivity contribution >= 4 is 11.9 Å². The molecule has 3 rings (SSSR count). The Balaban J connectivity index is 1.50. The highest BCUT2D eigenvalue weighted by atomic mass is 16.2. The van der Waals surface area contributed by atoms with E-state index in [0.29, 0.717) is 18.2 Å². The van der Waals surface area contributed by atoms with Gasteiger partial charge >= 0.3 is 6.03 Å². The van der Waals surface area contributed by atoms with Crippen molar-refractivity contribution < 1.29 is 9.59 Å². The Kier molecular flexibility index (Phi) is 5.61. The molecule has 1 aromatic carbocycles. The van der Waals surface area contributed by atoms with Crippen LogP contribution in [0.2, 0.25) is 0 Å². The highest BCUT2D eigenvalue weighted by Crippen LogP contribution is 2.37. The second-order valence-corrected chi connectivity index (χ2v) is 7.48. The minimum atomic E-state index is 0.00583. The van der Waals surface area contributed by atoms with Crippen LogP contribution < -0.4 is 5.32 Å². The number of amides is 3. The van der Waals surface area contributed by atoms with Gasteiger partial charge in [-0.25, -0.2) is 4.79 Å². The third-order valence-electron chi connectivity index (χ3n) is 5.52. The summed E-state index contributed by atoms with van der Waals surface area (Å²) in [7, 11) is 3.51. The van der Waals surface area contributed by atoms with E-state index in [1.54, 1.807) is 19.0 Å². The quantitative estimate of drug-likeness (QED) is 0.894. The van der Waals surface area contributed by atoms with Crippen LogP contribution in [0.1, 0.15) is 48.0 Å². The number of nitrogens with zero attached hydrogens (tertiary/aromatic N) is 2. The first-order chi connectivity index (χ1) is 12.1. The number of rotatable bonds is 5. The monoisotopic (exact) mass is 343 g/mol. The molecule has 0 spiro atoms. The van der Waals surface area contributed by atoms with Crippen molar-refractivity contribution in [3.8, 4) is 0 Å². The van der Waals surface area contributed by atoms with Gasteiger partial charge in [0.1, 0.15) is 0 Å². The summed E-state index contributed by atoms with van der Waals surface area (Å²) in [6.45, 7) is 1.49. The summed E-state index contributed by atoms with van der Waals surface area (Å²) in [4.78, 5) is 28.2. The minimum absolute atomic E-state index is 0.00583. The molecule has 0 radical (unpaired) electrons. The molecule has 0 bridgehead atoms. The number of carbonyl (C=O) groups excluding carboxylic acids is 2. The van der Waals surface area contributed by atoms with E-state index in [4.69, 9.17) is 0 Å². The summed E-state index contributed by atoms with van der Waals surface area (Å²) < 4.78 is 0. The predicted octanol–water partition coefficient (Wildman–Crippen LogP) is 2.91. The molecule has 1 aliphatic carbocycles. The van der Waals surface area contributed by atoms with Gasteiger partial charge in [0.15, 0.2) is 0 Å². The van der Waals surface area contributed by atoms with E-state index in [9.17, 15) is 9.59 Å². The molecule has 1 N–H and O–H groups in total. The first-order valence-corrected chi connectivity index (χ1v) is 9.41. The van der Waals surface area contributed by atoms with E-state index in [2.05, 4.69) is 10.2 Å². The topological polar surface area (TPSA) is 52.7 Å². The number of carbonyl (C=O) groups is 2. The number of nitrogens with one attached hydrogen (secondary N) is 1. The van der Waals surface area contributed by atoms with Gasteiger partial charge in [-0.05, 0) is 55.7 Å². The summed E-state index contributed by atoms with van der Waals surface area (Å²) >= 11 is 0. The average molecular weight is 343 g/mol. The molecule has 0 unspecified atom stereocenters. The summed E-state index contributed by atoms with van der Waals surface area (Å²) in [5, 5.41) is 3.07. The van der Waals surface area contributed by atoms with Gasteiger partial charge in [0.2, 0.25) is 0 Å². The molecule has 2 fully saturated rings. The van der Waals surface area contributed by atoms with Crippen LogP contribution >= 0.6 is 0 Å². The van der Waals surface area contributed by atoms with Crippen LogP contribution in [0.15, 0.2) is 24.3 Å². The Bertz CT molecular complexity index is 625. The van der Waals surface area contributed by atoms with E-state index in [1.165, 1.54) is 19.3 Å². The van der Waals surface area contributed by atoms with E-state index in [1.807, 2.05) is 24.3 Å². The Morgan fingerprint density at radius 2 is 2.00 bits per heavy atom. The summed E-state index contributed by atoms with van der Waals surface area (Å²) in [5.74, 6) is 0.730. The van der Waals surface area contributed by atoms with Crippen LogP contribution in [0, 0.1) is 5.92 Å². The standard InChI is InChI=1S/C20H29N3O2/c1-22(2)19(24)17-9-3-6-15(14-17)11-12-21-20(25)23-13-5-10-18(23)16-7-4-8-16/h3,6,9,14,16,18H,4-5,7-8,10-13H2,1-2H3,(H,21,25)/t18-/m1/s1. The van der Waals surface area contributed by atoms with Crippen molar-refractivity contribution in [2.24, 2.45) is 5.92 Å². The SMILES string of the molecule is CN(C)C(=O)c1cccc(CCNC(=O)N2CCC[C@@H]2C2CCC2)c1. The average Bonchev–Trinajstić information content (AvgIpc) is 3.01. The van der Waals surface area contributed by atoms with Gasteiger partial charge in [0.05, 0.1) is 0 Å². The first kappa shape index (κ1) is 17.8. The van der Waals surface area contributed by atoms with E-state index < -0.39 is 0 Å². The molecule has 1 atom stereocenters. The van der Waals surface area contributed by atoms with Crippen LogP contribution in [0.3, 0.4) is 0 Å². The lowest BCUT2D eigenvalue weighted by molar-refractivity contribution is 0.0827. The zero-order valence-corrected chi connectivity index (χ0v) is 15.3. The lowest BCUT2D eigenvalue weighted by Gasteiger charge is -2.37. The molecule has 25 heavy (non-hydrogen) atoms. The van der Waals surface area contributed by atoms with Crippen molar-refractivity contribution in [2.45, 2.75) is 44.6 Å². The molecule has 136 valence electrons. The zero-order chi connectivity index (χ0) is 17.8. The second kappa shape index (κ2) is 7.89.